The van der Waals surface area contributed by atoms with Gasteiger partial charge in [-0.25, -0.2) is 4.39 Å². The number of ether oxygens (including phenoxy) is 1. The largest absolute Gasteiger partial charge is 0.507 e. The predicted molar refractivity (Wildman–Crippen MR) is 120 cm³/mol. The molecule has 0 radical (unpaired) electrons. The molecule has 7 heteroatoms. The molecule has 1 N–H and O–H groups in total. The number of benzene rings is 3. The molecule has 4 rings (SSSR count). The number of carbonyl (C=O) groups is 2. The Hall–Kier alpha value is -3.64. The topological polar surface area (TPSA) is 66.8 Å². The third kappa shape index (κ3) is 3.74. The van der Waals surface area contributed by atoms with Crippen LogP contribution in [0.4, 0.5) is 10.1 Å². The summed E-state index contributed by atoms with van der Waals surface area (Å²) in [4.78, 5) is 27.5. The summed E-state index contributed by atoms with van der Waals surface area (Å²) in [5.74, 6) is -2.17. The van der Waals surface area contributed by atoms with Crippen molar-refractivity contribution in [3.63, 3.8) is 0 Å². The van der Waals surface area contributed by atoms with Gasteiger partial charge in [0.25, 0.3) is 11.7 Å². The first-order valence-electron chi connectivity index (χ1n) is 9.79. The molecule has 3 aromatic rings. The average molecular weight is 452 g/mol. The predicted octanol–water partition coefficient (Wildman–Crippen LogP) is 5.42. The Bertz CT molecular complexity index is 1250. The summed E-state index contributed by atoms with van der Waals surface area (Å²) < 4.78 is 19.0. The number of anilines is 1. The second kappa shape index (κ2) is 8.48. The van der Waals surface area contributed by atoms with Crippen LogP contribution in [-0.4, -0.2) is 23.9 Å². The molecule has 1 fully saturated rings. The highest BCUT2D eigenvalue weighted by molar-refractivity contribution is 6.51. The van der Waals surface area contributed by atoms with Gasteiger partial charge in [0.05, 0.1) is 24.3 Å². The number of aliphatic hydroxyl groups excluding tert-OH is 1. The molecule has 1 heterocycles. The lowest BCUT2D eigenvalue weighted by Crippen LogP contribution is -2.29. The summed E-state index contributed by atoms with van der Waals surface area (Å²) in [5.41, 5.74) is 1.83. The van der Waals surface area contributed by atoms with Gasteiger partial charge in [0, 0.05) is 10.7 Å². The van der Waals surface area contributed by atoms with Crippen molar-refractivity contribution in [3.05, 3.63) is 99.8 Å². The van der Waals surface area contributed by atoms with E-state index in [1.807, 2.05) is 6.92 Å². The van der Waals surface area contributed by atoms with Crippen LogP contribution < -0.4 is 9.64 Å². The van der Waals surface area contributed by atoms with Gasteiger partial charge in [-0.3, -0.25) is 14.5 Å². The van der Waals surface area contributed by atoms with Gasteiger partial charge in [0.15, 0.2) is 0 Å². The standard InChI is InChI=1S/C25H19ClFNO4/c1-14-6-11-20(32-2)19(12-14)23(29)21-22(15-7-9-17(27)10-8-15)28(25(31)24(21)30)18-5-3-4-16(26)13-18/h3-13,22,29H,1-2H3/b23-21+. The average Bonchev–Trinajstić information content (AvgIpc) is 3.04. The smallest absolute Gasteiger partial charge is 0.300 e. The van der Waals surface area contributed by atoms with Crippen molar-refractivity contribution in [3.8, 4) is 5.75 Å². The minimum absolute atomic E-state index is 0.120. The molecule has 0 aliphatic carbocycles. The maximum absolute atomic E-state index is 13.6. The quantitative estimate of drug-likeness (QED) is 0.326. The van der Waals surface area contributed by atoms with Crippen LogP contribution >= 0.6 is 11.6 Å². The summed E-state index contributed by atoms with van der Waals surface area (Å²) in [6, 6.07) is 16.1. The Morgan fingerprint density at radius 2 is 1.78 bits per heavy atom. The van der Waals surface area contributed by atoms with Crippen LogP contribution in [0.3, 0.4) is 0 Å². The molecule has 1 aliphatic heterocycles. The van der Waals surface area contributed by atoms with E-state index in [-0.39, 0.29) is 16.9 Å². The molecular weight excluding hydrogens is 433 g/mol. The second-order valence-corrected chi connectivity index (χ2v) is 7.84. The van der Waals surface area contributed by atoms with Gasteiger partial charge in [-0.15, -0.1) is 0 Å². The zero-order chi connectivity index (χ0) is 23.0. The number of aryl methyl sites for hydroxylation is 1. The normalized spacial score (nSPS) is 17.6. The molecule has 1 aliphatic rings. The molecule has 1 saturated heterocycles. The molecule has 1 amide bonds. The lowest BCUT2D eigenvalue weighted by atomic mass is 9.94. The summed E-state index contributed by atoms with van der Waals surface area (Å²) in [7, 11) is 1.45. The first-order valence-corrected chi connectivity index (χ1v) is 10.2. The summed E-state index contributed by atoms with van der Waals surface area (Å²) in [6.45, 7) is 1.83. The first-order chi connectivity index (χ1) is 15.3. The van der Waals surface area contributed by atoms with E-state index in [4.69, 9.17) is 16.3 Å². The van der Waals surface area contributed by atoms with Crippen LogP contribution in [-0.2, 0) is 9.59 Å². The van der Waals surface area contributed by atoms with E-state index >= 15 is 0 Å². The van der Waals surface area contributed by atoms with E-state index in [1.165, 1.54) is 36.3 Å². The third-order valence-corrected chi connectivity index (χ3v) is 5.56. The summed E-state index contributed by atoms with van der Waals surface area (Å²) in [5, 5.41) is 11.6. The molecular formula is C25H19ClFNO4. The fourth-order valence-corrected chi connectivity index (χ4v) is 4.02. The number of halogens is 2. The van der Waals surface area contributed by atoms with Gasteiger partial charge in [0.1, 0.15) is 17.3 Å². The molecule has 0 bridgehead atoms. The fourth-order valence-electron chi connectivity index (χ4n) is 3.84. The Labute approximate surface area is 189 Å². The number of rotatable bonds is 4. The molecule has 32 heavy (non-hydrogen) atoms. The molecule has 1 atom stereocenters. The number of hydrogen-bond acceptors (Lipinski definition) is 4. The van der Waals surface area contributed by atoms with Crippen LogP contribution in [0, 0.1) is 12.7 Å². The van der Waals surface area contributed by atoms with Crippen LogP contribution in [0.25, 0.3) is 5.76 Å². The van der Waals surface area contributed by atoms with Gasteiger partial charge in [-0.2, -0.15) is 0 Å². The van der Waals surface area contributed by atoms with Crippen LogP contribution in [0.2, 0.25) is 5.02 Å². The zero-order valence-corrected chi connectivity index (χ0v) is 18.1. The van der Waals surface area contributed by atoms with Crippen molar-refractivity contribution in [2.75, 3.05) is 12.0 Å². The summed E-state index contributed by atoms with van der Waals surface area (Å²) >= 11 is 6.12. The van der Waals surface area contributed by atoms with Gasteiger partial charge in [-0.1, -0.05) is 41.4 Å². The van der Waals surface area contributed by atoms with E-state index in [0.717, 1.165) is 5.56 Å². The van der Waals surface area contributed by atoms with E-state index < -0.39 is 23.5 Å². The lowest BCUT2D eigenvalue weighted by molar-refractivity contribution is -0.132. The monoisotopic (exact) mass is 451 g/mol. The zero-order valence-electron chi connectivity index (χ0n) is 17.3. The van der Waals surface area contributed by atoms with Crippen molar-refractivity contribution < 1.29 is 23.8 Å². The molecule has 5 nitrogen and oxygen atoms in total. The Balaban J connectivity index is 1.99. The maximum Gasteiger partial charge on any atom is 0.300 e. The lowest BCUT2D eigenvalue weighted by Gasteiger charge is -2.25. The number of Topliss-reactive ketones (excluding diaryl/α,β-unsaturated/α-hetero) is 1. The van der Waals surface area contributed by atoms with Crippen molar-refractivity contribution in [1.82, 2.24) is 0 Å². The molecule has 3 aromatic carbocycles. The van der Waals surface area contributed by atoms with Crippen molar-refractivity contribution >= 4 is 34.7 Å². The molecule has 162 valence electrons. The minimum Gasteiger partial charge on any atom is -0.507 e. The van der Waals surface area contributed by atoms with E-state index in [2.05, 4.69) is 0 Å². The number of aliphatic hydroxyl groups is 1. The highest BCUT2D eigenvalue weighted by Gasteiger charge is 2.47. The van der Waals surface area contributed by atoms with Crippen molar-refractivity contribution in [2.45, 2.75) is 13.0 Å². The SMILES string of the molecule is COc1ccc(C)cc1/C(O)=C1\C(=O)C(=O)N(c2cccc(Cl)c2)C1c1ccc(F)cc1. The number of hydrogen-bond donors (Lipinski definition) is 1. The van der Waals surface area contributed by atoms with E-state index in [0.29, 0.717) is 22.0 Å². The summed E-state index contributed by atoms with van der Waals surface area (Å²) in [6.07, 6.45) is 0. The highest BCUT2D eigenvalue weighted by Crippen LogP contribution is 2.43. The number of carbonyl (C=O) groups excluding carboxylic acids is 2. The van der Waals surface area contributed by atoms with Crippen molar-refractivity contribution in [1.29, 1.82) is 0 Å². The van der Waals surface area contributed by atoms with Gasteiger partial charge in [0.2, 0.25) is 0 Å². The molecule has 0 spiro atoms. The maximum atomic E-state index is 13.6. The Kier molecular flexibility index (Phi) is 5.72. The highest BCUT2D eigenvalue weighted by atomic mass is 35.5. The van der Waals surface area contributed by atoms with Crippen LogP contribution in [0.15, 0.2) is 72.3 Å². The van der Waals surface area contributed by atoms with Crippen molar-refractivity contribution in [2.24, 2.45) is 0 Å². The number of ketones is 1. The van der Waals surface area contributed by atoms with Gasteiger partial charge >= 0.3 is 0 Å². The number of amides is 1. The Morgan fingerprint density at radius 1 is 1.06 bits per heavy atom. The Morgan fingerprint density at radius 3 is 2.44 bits per heavy atom. The third-order valence-electron chi connectivity index (χ3n) is 5.33. The minimum atomic E-state index is -0.987. The fraction of sp³-hybridized carbons (Fsp3) is 0.120. The molecule has 0 aromatic heterocycles. The molecule has 0 saturated carbocycles. The first kappa shape index (κ1) is 21.6. The second-order valence-electron chi connectivity index (χ2n) is 7.40. The van der Waals surface area contributed by atoms with E-state index in [9.17, 15) is 19.1 Å². The van der Waals surface area contributed by atoms with E-state index in [1.54, 1.807) is 42.5 Å². The van der Waals surface area contributed by atoms with Gasteiger partial charge in [-0.05, 0) is 55.0 Å². The van der Waals surface area contributed by atoms with Crippen LogP contribution in [0.5, 0.6) is 5.75 Å². The number of methoxy groups -OCH3 is 1. The molecule has 1 unspecified atom stereocenters. The van der Waals surface area contributed by atoms with Gasteiger partial charge < -0.3 is 9.84 Å². The van der Waals surface area contributed by atoms with Crippen LogP contribution in [0.1, 0.15) is 22.7 Å². The number of nitrogens with zero attached hydrogens (tertiary/aromatic N) is 1.